The molecule has 1 aromatic rings. The topological polar surface area (TPSA) is 61.9 Å². The lowest BCUT2D eigenvalue weighted by Gasteiger charge is -2.36. The Morgan fingerprint density at radius 2 is 1.92 bits per heavy atom. The Bertz CT molecular complexity index is 628. The van der Waals surface area contributed by atoms with Gasteiger partial charge in [-0.3, -0.25) is 14.5 Å². The molecule has 1 N–H and O–H groups in total. The summed E-state index contributed by atoms with van der Waals surface area (Å²) >= 11 is 0. The number of carbonyl (C=O) groups excluding carboxylic acids is 2. The lowest BCUT2D eigenvalue weighted by molar-refractivity contribution is -0.140. The molecular weight excluding hydrogens is 318 g/mol. The molecule has 0 bridgehead atoms. The van der Waals surface area contributed by atoms with Crippen LogP contribution in [0.15, 0.2) is 24.3 Å². The predicted octanol–water partition coefficient (Wildman–Crippen LogP) is 0.797. The molecule has 3 rings (SSSR count). The first-order valence-electron chi connectivity index (χ1n) is 8.99. The molecule has 25 heavy (non-hydrogen) atoms. The zero-order valence-electron chi connectivity index (χ0n) is 15.0. The second-order valence-corrected chi connectivity index (χ2v) is 6.88. The van der Waals surface area contributed by atoms with Gasteiger partial charge in [-0.05, 0) is 18.1 Å². The summed E-state index contributed by atoms with van der Waals surface area (Å²) in [4.78, 5) is 28.8. The summed E-state index contributed by atoms with van der Waals surface area (Å²) in [5.41, 5.74) is 2.28. The van der Waals surface area contributed by atoms with Gasteiger partial charge in [0.05, 0.1) is 13.2 Å². The van der Waals surface area contributed by atoms with Crippen molar-refractivity contribution in [2.45, 2.75) is 38.9 Å². The average molecular weight is 345 g/mol. The van der Waals surface area contributed by atoms with Crippen molar-refractivity contribution in [3.63, 3.8) is 0 Å². The zero-order valence-corrected chi connectivity index (χ0v) is 15.0. The smallest absolute Gasteiger partial charge is 0.243 e. The highest BCUT2D eigenvalue weighted by molar-refractivity contribution is 5.87. The molecule has 1 fully saturated rings. The van der Waals surface area contributed by atoms with Crippen LogP contribution in [-0.4, -0.2) is 66.5 Å². The second-order valence-electron chi connectivity index (χ2n) is 6.88. The fraction of sp³-hybridized carbons (Fsp3) is 0.579. The third-order valence-electron chi connectivity index (χ3n) is 5.20. The van der Waals surface area contributed by atoms with Gasteiger partial charge in [0.2, 0.25) is 11.8 Å². The molecule has 0 radical (unpaired) electrons. The number of morpholine rings is 1. The van der Waals surface area contributed by atoms with Gasteiger partial charge in [-0.2, -0.15) is 0 Å². The largest absolute Gasteiger partial charge is 0.379 e. The molecule has 2 aliphatic rings. The van der Waals surface area contributed by atoms with Gasteiger partial charge in [-0.15, -0.1) is 0 Å². The fourth-order valence-corrected chi connectivity index (χ4v) is 3.60. The Morgan fingerprint density at radius 3 is 2.60 bits per heavy atom. The third kappa shape index (κ3) is 4.19. The summed E-state index contributed by atoms with van der Waals surface area (Å²) in [7, 11) is 0. The number of nitrogens with zero attached hydrogens (tertiary/aromatic N) is 2. The van der Waals surface area contributed by atoms with Crippen LogP contribution < -0.4 is 5.32 Å². The molecule has 2 atom stereocenters. The van der Waals surface area contributed by atoms with Crippen LogP contribution in [0.5, 0.6) is 0 Å². The van der Waals surface area contributed by atoms with Crippen molar-refractivity contribution in [2.75, 3.05) is 32.8 Å². The van der Waals surface area contributed by atoms with Crippen molar-refractivity contribution < 1.29 is 14.3 Å². The minimum Gasteiger partial charge on any atom is -0.379 e. The van der Waals surface area contributed by atoms with E-state index < -0.39 is 6.04 Å². The average Bonchev–Trinajstić information content (AvgIpc) is 2.65. The number of ether oxygens (including phenoxy) is 1. The van der Waals surface area contributed by atoms with Crippen LogP contribution in [-0.2, 0) is 27.3 Å². The summed E-state index contributed by atoms with van der Waals surface area (Å²) in [6.45, 7) is 8.02. The number of amides is 2. The standard InChI is InChI=1S/C19H27N3O3/c1-14(21-7-9-25-10-8-21)12-20-19(24)18-11-16-5-3-4-6-17(16)13-22(18)15(2)23/h3-6,14,18H,7-13H2,1-2H3,(H,20,24)/t14?,18-/m0/s1. The molecule has 1 unspecified atom stereocenters. The number of fused-ring (bicyclic) bond motifs is 1. The Labute approximate surface area is 149 Å². The maximum Gasteiger partial charge on any atom is 0.243 e. The van der Waals surface area contributed by atoms with Crippen molar-refractivity contribution >= 4 is 11.8 Å². The number of carbonyl (C=O) groups is 2. The molecule has 2 amide bonds. The first-order chi connectivity index (χ1) is 12.1. The highest BCUT2D eigenvalue weighted by atomic mass is 16.5. The maximum absolute atomic E-state index is 12.8. The molecule has 0 aromatic heterocycles. The van der Waals surface area contributed by atoms with Gasteiger partial charge in [0.25, 0.3) is 0 Å². The van der Waals surface area contributed by atoms with Gasteiger partial charge < -0.3 is 15.0 Å². The van der Waals surface area contributed by atoms with E-state index in [1.54, 1.807) is 4.90 Å². The maximum atomic E-state index is 12.8. The van der Waals surface area contributed by atoms with E-state index in [4.69, 9.17) is 4.74 Å². The van der Waals surface area contributed by atoms with Crippen molar-refractivity contribution in [1.82, 2.24) is 15.1 Å². The minimum absolute atomic E-state index is 0.0594. The lowest BCUT2D eigenvalue weighted by Crippen LogP contribution is -2.54. The summed E-state index contributed by atoms with van der Waals surface area (Å²) in [6, 6.07) is 7.86. The van der Waals surface area contributed by atoms with Crippen LogP contribution in [0.25, 0.3) is 0 Å². The monoisotopic (exact) mass is 345 g/mol. The van der Waals surface area contributed by atoms with Crippen molar-refractivity contribution in [3.8, 4) is 0 Å². The van der Waals surface area contributed by atoms with Gasteiger partial charge in [0, 0.05) is 45.6 Å². The highest BCUT2D eigenvalue weighted by Gasteiger charge is 2.33. The highest BCUT2D eigenvalue weighted by Crippen LogP contribution is 2.23. The molecule has 136 valence electrons. The van der Waals surface area contributed by atoms with E-state index in [0.29, 0.717) is 19.5 Å². The zero-order chi connectivity index (χ0) is 17.8. The summed E-state index contributed by atoms with van der Waals surface area (Å²) in [5.74, 6) is -0.124. The Morgan fingerprint density at radius 1 is 1.24 bits per heavy atom. The van der Waals surface area contributed by atoms with Gasteiger partial charge in [-0.1, -0.05) is 24.3 Å². The van der Waals surface area contributed by atoms with Gasteiger partial charge in [0.15, 0.2) is 0 Å². The molecule has 1 saturated heterocycles. The predicted molar refractivity (Wildman–Crippen MR) is 95.0 cm³/mol. The van der Waals surface area contributed by atoms with E-state index in [1.165, 1.54) is 6.92 Å². The quantitative estimate of drug-likeness (QED) is 0.877. The molecular formula is C19H27N3O3. The normalized spacial score (nSPS) is 22.2. The SMILES string of the molecule is CC(=O)N1Cc2ccccc2C[C@H]1C(=O)NCC(C)N1CCOCC1. The molecule has 6 nitrogen and oxygen atoms in total. The second kappa shape index (κ2) is 7.97. The number of benzene rings is 1. The van der Waals surface area contributed by atoms with Gasteiger partial charge in [-0.25, -0.2) is 0 Å². The van der Waals surface area contributed by atoms with E-state index >= 15 is 0 Å². The summed E-state index contributed by atoms with van der Waals surface area (Å²) in [5, 5.41) is 3.05. The summed E-state index contributed by atoms with van der Waals surface area (Å²) in [6.07, 6.45) is 0.577. The fourth-order valence-electron chi connectivity index (χ4n) is 3.60. The van der Waals surface area contributed by atoms with Crippen LogP contribution in [0.1, 0.15) is 25.0 Å². The van der Waals surface area contributed by atoms with E-state index in [1.807, 2.05) is 24.3 Å². The third-order valence-corrected chi connectivity index (χ3v) is 5.20. The van der Waals surface area contributed by atoms with Gasteiger partial charge >= 0.3 is 0 Å². The van der Waals surface area contributed by atoms with E-state index in [-0.39, 0.29) is 17.9 Å². The molecule has 0 saturated carbocycles. The first-order valence-corrected chi connectivity index (χ1v) is 8.99. The van der Waals surface area contributed by atoms with E-state index in [9.17, 15) is 9.59 Å². The van der Waals surface area contributed by atoms with Gasteiger partial charge in [0.1, 0.15) is 6.04 Å². The van der Waals surface area contributed by atoms with Crippen molar-refractivity contribution in [2.24, 2.45) is 0 Å². The molecule has 6 heteroatoms. The number of rotatable bonds is 4. The molecule has 2 aliphatic heterocycles. The van der Waals surface area contributed by atoms with Crippen molar-refractivity contribution in [1.29, 1.82) is 0 Å². The molecule has 2 heterocycles. The van der Waals surface area contributed by atoms with Crippen LogP contribution in [0, 0.1) is 0 Å². The van der Waals surface area contributed by atoms with Crippen LogP contribution in [0.2, 0.25) is 0 Å². The molecule has 0 spiro atoms. The van der Waals surface area contributed by atoms with Crippen LogP contribution >= 0.6 is 0 Å². The Balaban J connectivity index is 1.62. The number of nitrogens with one attached hydrogen (secondary N) is 1. The van der Waals surface area contributed by atoms with Crippen molar-refractivity contribution in [3.05, 3.63) is 35.4 Å². The van der Waals surface area contributed by atoms with Crippen LogP contribution in [0.4, 0.5) is 0 Å². The van der Waals surface area contributed by atoms with E-state index in [2.05, 4.69) is 17.1 Å². The molecule has 1 aromatic carbocycles. The Hall–Kier alpha value is -1.92. The van der Waals surface area contributed by atoms with E-state index in [0.717, 1.165) is 37.4 Å². The number of hydrogen-bond donors (Lipinski definition) is 1. The summed E-state index contributed by atoms with van der Waals surface area (Å²) < 4.78 is 5.37. The Kier molecular flexibility index (Phi) is 5.71. The lowest BCUT2D eigenvalue weighted by atomic mass is 9.93. The number of hydrogen-bond acceptors (Lipinski definition) is 4. The minimum atomic E-state index is -0.427. The first kappa shape index (κ1) is 17.9. The molecule has 0 aliphatic carbocycles. The van der Waals surface area contributed by atoms with Crippen LogP contribution in [0.3, 0.4) is 0 Å².